The predicted octanol–water partition coefficient (Wildman–Crippen LogP) is 4.88. The maximum atomic E-state index is 12.4. The third-order valence-electron chi connectivity index (χ3n) is 5.47. The number of aryl methyl sites for hydroxylation is 2. The summed E-state index contributed by atoms with van der Waals surface area (Å²) in [5, 5.41) is 2.99. The van der Waals surface area contributed by atoms with Crippen LogP contribution in [-0.2, 0) is 13.0 Å². The van der Waals surface area contributed by atoms with E-state index in [4.69, 9.17) is 14.5 Å². The van der Waals surface area contributed by atoms with Crippen molar-refractivity contribution in [3.05, 3.63) is 90.3 Å². The number of rotatable bonds is 11. The molecular formula is C27H29N3O3. The van der Waals surface area contributed by atoms with Crippen LogP contribution in [0.3, 0.4) is 0 Å². The molecule has 0 aliphatic rings. The van der Waals surface area contributed by atoms with E-state index in [0.29, 0.717) is 24.5 Å². The minimum Gasteiger partial charge on any atom is -0.497 e. The number of carbonyl (C=O) groups excluding carboxylic acids is 1. The average Bonchev–Trinajstić information content (AvgIpc) is 3.22. The summed E-state index contributed by atoms with van der Waals surface area (Å²) in [7, 11) is 1.59. The Hall–Kier alpha value is -3.80. The smallest absolute Gasteiger partial charge is 0.251 e. The van der Waals surface area contributed by atoms with Crippen molar-refractivity contribution in [3.63, 3.8) is 0 Å². The Bertz CT molecular complexity index is 1190. The molecule has 0 saturated carbocycles. The minimum absolute atomic E-state index is 0.0968. The van der Waals surface area contributed by atoms with E-state index in [0.717, 1.165) is 48.4 Å². The molecule has 1 heterocycles. The number of carbonyl (C=O) groups is 1. The van der Waals surface area contributed by atoms with Gasteiger partial charge >= 0.3 is 0 Å². The Morgan fingerprint density at radius 2 is 1.73 bits per heavy atom. The third kappa shape index (κ3) is 5.92. The lowest BCUT2D eigenvalue weighted by atomic mass is 10.2. The van der Waals surface area contributed by atoms with Crippen LogP contribution in [0.15, 0.2) is 78.9 Å². The van der Waals surface area contributed by atoms with Gasteiger partial charge in [0.1, 0.15) is 17.3 Å². The number of imidazole rings is 1. The van der Waals surface area contributed by atoms with Crippen molar-refractivity contribution in [2.45, 2.75) is 25.8 Å². The van der Waals surface area contributed by atoms with Crippen LogP contribution >= 0.6 is 0 Å². The van der Waals surface area contributed by atoms with Crippen molar-refractivity contribution in [2.24, 2.45) is 0 Å². The zero-order valence-electron chi connectivity index (χ0n) is 18.9. The number of hydrogen-bond donors (Lipinski definition) is 1. The maximum absolute atomic E-state index is 12.4. The SMILES string of the molecule is COc1cccc(C(=O)NCCCc2nc3ccccc3n2CCCOc2ccccc2)c1. The summed E-state index contributed by atoms with van der Waals surface area (Å²) in [5.74, 6) is 2.50. The van der Waals surface area contributed by atoms with Crippen LogP contribution in [-0.4, -0.2) is 35.7 Å². The molecule has 1 N–H and O–H groups in total. The van der Waals surface area contributed by atoms with Crippen LogP contribution in [0.25, 0.3) is 11.0 Å². The van der Waals surface area contributed by atoms with E-state index in [1.54, 1.807) is 19.2 Å². The van der Waals surface area contributed by atoms with E-state index in [-0.39, 0.29) is 5.91 Å². The van der Waals surface area contributed by atoms with Crippen LogP contribution in [0.5, 0.6) is 11.5 Å². The Morgan fingerprint density at radius 3 is 2.58 bits per heavy atom. The lowest BCUT2D eigenvalue weighted by molar-refractivity contribution is 0.0952. The van der Waals surface area contributed by atoms with Crippen LogP contribution in [0, 0.1) is 0 Å². The normalized spacial score (nSPS) is 10.8. The highest BCUT2D eigenvalue weighted by molar-refractivity contribution is 5.94. The molecule has 0 atom stereocenters. The van der Waals surface area contributed by atoms with Gasteiger partial charge in [-0.1, -0.05) is 36.4 Å². The van der Waals surface area contributed by atoms with Crippen molar-refractivity contribution in [1.82, 2.24) is 14.9 Å². The first kappa shape index (κ1) is 22.4. The minimum atomic E-state index is -0.0968. The number of ether oxygens (including phenoxy) is 2. The molecule has 3 aromatic carbocycles. The highest BCUT2D eigenvalue weighted by Crippen LogP contribution is 2.18. The first-order valence-electron chi connectivity index (χ1n) is 11.3. The molecule has 0 saturated heterocycles. The van der Waals surface area contributed by atoms with Crippen LogP contribution < -0.4 is 14.8 Å². The molecule has 0 spiro atoms. The van der Waals surface area contributed by atoms with E-state index < -0.39 is 0 Å². The lowest BCUT2D eigenvalue weighted by Crippen LogP contribution is -2.25. The fraction of sp³-hybridized carbons (Fsp3) is 0.259. The number of methoxy groups -OCH3 is 1. The number of amides is 1. The fourth-order valence-corrected chi connectivity index (χ4v) is 3.81. The summed E-state index contributed by atoms with van der Waals surface area (Å²) in [5.41, 5.74) is 2.73. The van der Waals surface area contributed by atoms with Crippen LogP contribution in [0.4, 0.5) is 0 Å². The van der Waals surface area contributed by atoms with Crippen molar-refractivity contribution < 1.29 is 14.3 Å². The Kier molecular flexibility index (Phi) is 7.59. The summed E-state index contributed by atoms with van der Waals surface area (Å²) in [6.07, 6.45) is 2.47. The molecule has 1 aromatic heterocycles. The molecule has 0 unspecified atom stereocenters. The van der Waals surface area contributed by atoms with Gasteiger partial charge in [-0.2, -0.15) is 0 Å². The third-order valence-corrected chi connectivity index (χ3v) is 5.47. The van der Waals surface area contributed by atoms with Gasteiger partial charge in [-0.3, -0.25) is 4.79 Å². The second-order valence-corrected chi connectivity index (χ2v) is 7.77. The zero-order chi connectivity index (χ0) is 22.9. The fourth-order valence-electron chi connectivity index (χ4n) is 3.81. The highest BCUT2D eigenvalue weighted by atomic mass is 16.5. The summed E-state index contributed by atoms with van der Waals surface area (Å²) in [4.78, 5) is 17.3. The van der Waals surface area contributed by atoms with Gasteiger partial charge in [0.2, 0.25) is 0 Å². The van der Waals surface area contributed by atoms with E-state index in [9.17, 15) is 4.79 Å². The van der Waals surface area contributed by atoms with Gasteiger partial charge < -0.3 is 19.4 Å². The highest BCUT2D eigenvalue weighted by Gasteiger charge is 2.11. The molecule has 170 valence electrons. The molecule has 1 amide bonds. The summed E-state index contributed by atoms with van der Waals surface area (Å²) >= 11 is 0. The Balaban J connectivity index is 1.32. The summed E-state index contributed by atoms with van der Waals surface area (Å²) < 4.78 is 13.3. The first-order chi connectivity index (χ1) is 16.2. The number of hydrogen-bond acceptors (Lipinski definition) is 4. The van der Waals surface area contributed by atoms with Crippen molar-refractivity contribution in [2.75, 3.05) is 20.3 Å². The van der Waals surface area contributed by atoms with Gasteiger partial charge in [-0.25, -0.2) is 4.98 Å². The van der Waals surface area contributed by atoms with Gasteiger partial charge in [0, 0.05) is 25.1 Å². The summed E-state index contributed by atoms with van der Waals surface area (Å²) in [6, 6.07) is 25.2. The Labute approximate surface area is 194 Å². The number of nitrogens with one attached hydrogen (secondary N) is 1. The molecule has 4 aromatic rings. The number of aromatic nitrogens is 2. The van der Waals surface area contributed by atoms with Crippen LogP contribution in [0.2, 0.25) is 0 Å². The molecular weight excluding hydrogens is 414 g/mol. The number of nitrogens with zero attached hydrogens (tertiary/aromatic N) is 2. The number of para-hydroxylation sites is 3. The first-order valence-corrected chi connectivity index (χ1v) is 11.3. The van der Waals surface area contributed by atoms with Crippen LogP contribution in [0.1, 0.15) is 29.0 Å². The monoisotopic (exact) mass is 443 g/mol. The van der Waals surface area contributed by atoms with Gasteiger partial charge in [-0.15, -0.1) is 0 Å². The van der Waals surface area contributed by atoms with Crippen molar-refractivity contribution in [1.29, 1.82) is 0 Å². The van der Waals surface area contributed by atoms with Gasteiger partial charge in [0.05, 0.1) is 24.8 Å². The van der Waals surface area contributed by atoms with Crippen molar-refractivity contribution in [3.8, 4) is 11.5 Å². The molecule has 6 heteroatoms. The number of benzene rings is 3. The molecule has 6 nitrogen and oxygen atoms in total. The van der Waals surface area contributed by atoms with E-state index in [2.05, 4.69) is 16.0 Å². The van der Waals surface area contributed by atoms with E-state index in [1.165, 1.54) is 0 Å². The van der Waals surface area contributed by atoms with Gasteiger partial charge in [-0.05, 0) is 55.3 Å². The second-order valence-electron chi connectivity index (χ2n) is 7.77. The maximum Gasteiger partial charge on any atom is 0.251 e. The molecule has 0 radical (unpaired) electrons. The molecule has 33 heavy (non-hydrogen) atoms. The predicted molar refractivity (Wildman–Crippen MR) is 130 cm³/mol. The average molecular weight is 444 g/mol. The van der Waals surface area contributed by atoms with Gasteiger partial charge in [0.15, 0.2) is 0 Å². The van der Waals surface area contributed by atoms with Gasteiger partial charge in [0.25, 0.3) is 5.91 Å². The van der Waals surface area contributed by atoms with Crippen molar-refractivity contribution >= 4 is 16.9 Å². The largest absolute Gasteiger partial charge is 0.497 e. The molecule has 0 bridgehead atoms. The standard InChI is InChI=1S/C27H29N3O3/c1-32-23-13-7-10-21(20-23)27(31)28-17-8-16-26-29-24-14-5-6-15-25(24)30(26)18-9-19-33-22-11-3-2-4-12-22/h2-7,10-15,20H,8-9,16-19H2,1H3,(H,28,31). The van der Waals surface area contributed by atoms with E-state index in [1.807, 2.05) is 60.7 Å². The quantitative estimate of drug-likeness (QED) is 0.336. The molecule has 0 aliphatic heterocycles. The number of fused-ring (bicyclic) bond motifs is 1. The molecule has 0 aliphatic carbocycles. The summed E-state index contributed by atoms with van der Waals surface area (Å²) in [6.45, 7) is 2.06. The van der Waals surface area contributed by atoms with E-state index >= 15 is 0 Å². The zero-order valence-corrected chi connectivity index (χ0v) is 18.9. The lowest BCUT2D eigenvalue weighted by Gasteiger charge is -2.11. The Morgan fingerprint density at radius 1 is 0.939 bits per heavy atom. The molecule has 4 rings (SSSR count). The molecule has 0 fully saturated rings. The topological polar surface area (TPSA) is 65.4 Å². The second kappa shape index (κ2) is 11.2.